The number of carbonyl (C=O) groups excluding carboxylic acids is 1. The Labute approximate surface area is 121 Å². The minimum atomic E-state index is 0.0659. The van der Waals surface area contributed by atoms with Gasteiger partial charge >= 0.3 is 0 Å². The van der Waals surface area contributed by atoms with Crippen LogP contribution in [0.4, 0.5) is 0 Å². The zero-order chi connectivity index (χ0) is 14.6. The molecule has 0 spiro atoms. The SMILES string of the molecule is Cc1ccnc(CC(=O)NCC2(N(C)C)CCCC2)c1. The van der Waals surface area contributed by atoms with E-state index in [0.29, 0.717) is 6.42 Å². The lowest BCUT2D eigenvalue weighted by atomic mass is 9.96. The average molecular weight is 275 g/mol. The first kappa shape index (κ1) is 15.0. The molecule has 0 aromatic carbocycles. The third-order valence-corrected chi connectivity index (χ3v) is 4.41. The van der Waals surface area contributed by atoms with E-state index in [1.807, 2.05) is 19.1 Å². The second kappa shape index (κ2) is 6.35. The van der Waals surface area contributed by atoms with E-state index in [-0.39, 0.29) is 11.4 Å². The van der Waals surface area contributed by atoms with Crippen molar-refractivity contribution in [1.29, 1.82) is 0 Å². The van der Waals surface area contributed by atoms with Crippen molar-refractivity contribution >= 4 is 5.91 Å². The number of rotatable bonds is 5. The van der Waals surface area contributed by atoms with Gasteiger partial charge in [0.1, 0.15) is 0 Å². The molecule has 0 saturated heterocycles. The number of likely N-dealkylation sites (N-methyl/N-ethyl adjacent to an activating group) is 1. The van der Waals surface area contributed by atoms with Crippen LogP contribution >= 0.6 is 0 Å². The molecule has 1 aliphatic rings. The summed E-state index contributed by atoms with van der Waals surface area (Å²) in [5, 5.41) is 3.09. The quantitative estimate of drug-likeness (QED) is 0.893. The molecule has 0 atom stereocenters. The Bertz CT molecular complexity index is 465. The van der Waals surface area contributed by atoms with Gasteiger partial charge in [0.25, 0.3) is 0 Å². The molecule has 1 fully saturated rings. The van der Waals surface area contributed by atoms with Crippen molar-refractivity contribution in [3.05, 3.63) is 29.6 Å². The number of aromatic nitrogens is 1. The highest BCUT2D eigenvalue weighted by molar-refractivity contribution is 5.78. The van der Waals surface area contributed by atoms with E-state index in [2.05, 4.69) is 29.3 Å². The number of hydrogen-bond acceptors (Lipinski definition) is 3. The van der Waals surface area contributed by atoms with Gasteiger partial charge in [0.15, 0.2) is 0 Å². The van der Waals surface area contributed by atoms with E-state index in [9.17, 15) is 4.79 Å². The number of pyridine rings is 1. The summed E-state index contributed by atoms with van der Waals surface area (Å²) < 4.78 is 0. The molecule has 4 nitrogen and oxygen atoms in total. The molecule has 0 bridgehead atoms. The number of nitrogens with zero attached hydrogens (tertiary/aromatic N) is 2. The van der Waals surface area contributed by atoms with Gasteiger partial charge in [0.2, 0.25) is 5.91 Å². The van der Waals surface area contributed by atoms with Gasteiger partial charge < -0.3 is 10.2 Å². The molecule has 1 aromatic rings. The summed E-state index contributed by atoms with van der Waals surface area (Å²) in [6, 6.07) is 3.91. The van der Waals surface area contributed by atoms with E-state index in [1.54, 1.807) is 6.20 Å². The number of nitrogens with one attached hydrogen (secondary N) is 1. The molecule has 110 valence electrons. The first-order valence-electron chi connectivity index (χ1n) is 7.37. The largest absolute Gasteiger partial charge is 0.354 e. The third kappa shape index (κ3) is 3.57. The maximum Gasteiger partial charge on any atom is 0.226 e. The molecule has 4 heteroatoms. The van der Waals surface area contributed by atoms with Crippen LogP contribution in [0.5, 0.6) is 0 Å². The molecular weight excluding hydrogens is 250 g/mol. The molecule has 2 rings (SSSR count). The predicted molar refractivity (Wildman–Crippen MR) is 80.6 cm³/mol. The first-order valence-corrected chi connectivity index (χ1v) is 7.37. The third-order valence-electron chi connectivity index (χ3n) is 4.41. The van der Waals surface area contributed by atoms with Crippen LogP contribution in [0, 0.1) is 6.92 Å². The fourth-order valence-electron chi connectivity index (χ4n) is 3.00. The van der Waals surface area contributed by atoms with Gasteiger partial charge in [-0.1, -0.05) is 12.8 Å². The van der Waals surface area contributed by atoms with Gasteiger partial charge in [-0.15, -0.1) is 0 Å². The Morgan fingerprint density at radius 2 is 2.10 bits per heavy atom. The van der Waals surface area contributed by atoms with Gasteiger partial charge in [-0.2, -0.15) is 0 Å². The second-order valence-electron chi connectivity index (χ2n) is 6.10. The van der Waals surface area contributed by atoms with E-state index in [1.165, 1.54) is 25.7 Å². The molecule has 0 unspecified atom stereocenters. The fourth-order valence-corrected chi connectivity index (χ4v) is 3.00. The minimum Gasteiger partial charge on any atom is -0.354 e. The normalized spacial score (nSPS) is 17.4. The molecule has 0 radical (unpaired) electrons. The monoisotopic (exact) mass is 275 g/mol. The Kier molecular flexibility index (Phi) is 4.76. The van der Waals surface area contributed by atoms with Crippen LogP contribution in [0.2, 0.25) is 0 Å². The van der Waals surface area contributed by atoms with Gasteiger partial charge in [-0.25, -0.2) is 0 Å². The van der Waals surface area contributed by atoms with Gasteiger partial charge in [0, 0.05) is 24.0 Å². The van der Waals surface area contributed by atoms with E-state index >= 15 is 0 Å². The van der Waals surface area contributed by atoms with E-state index < -0.39 is 0 Å². The minimum absolute atomic E-state index is 0.0659. The van der Waals surface area contributed by atoms with Crippen LogP contribution < -0.4 is 5.32 Å². The smallest absolute Gasteiger partial charge is 0.226 e. The first-order chi connectivity index (χ1) is 9.52. The lowest BCUT2D eigenvalue weighted by molar-refractivity contribution is -0.121. The highest BCUT2D eigenvalue weighted by Gasteiger charge is 2.36. The second-order valence-corrected chi connectivity index (χ2v) is 6.10. The van der Waals surface area contributed by atoms with Crippen molar-refractivity contribution < 1.29 is 4.79 Å². The van der Waals surface area contributed by atoms with Crippen molar-refractivity contribution in [1.82, 2.24) is 15.2 Å². The Morgan fingerprint density at radius 1 is 1.40 bits per heavy atom. The summed E-state index contributed by atoms with van der Waals surface area (Å²) in [6.07, 6.45) is 6.98. The van der Waals surface area contributed by atoms with Crippen LogP contribution in [-0.2, 0) is 11.2 Å². The van der Waals surface area contributed by atoms with Crippen molar-refractivity contribution in [2.45, 2.75) is 44.6 Å². The van der Waals surface area contributed by atoms with E-state index in [0.717, 1.165) is 17.8 Å². The number of carbonyl (C=O) groups is 1. The zero-order valence-electron chi connectivity index (χ0n) is 12.8. The van der Waals surface area contributed by atoms with Crippen LogP contribution in [0.1, 0.15) is 36.9 Å². The summed E-state index contributed by atoms with van der Waals surface area (Å²) in [6.45, 7) is 2.76. The molecule has 0 aliphatic heterocycles. The maximum atomic E-state index is 12.1. The Hall–Kier alpha value is -1.42. The summed E-state index contributed by atoms with van der Waals surface area (Å²) in [7, 11) is 4.22. The van der Waals surface area contributed by atoms with Crippen LogP contribution in [-0.4, -0.2) is 42.0 Å². The summed E-state index contributed by atoms with van der Waals surface area (Å²) >= 11 is 0. The molecule has 20 heavy (non-hydrogen) atoms. The van der Waals surface area contributed by atoms with Crippen molar-refractivity contribution in [3.63, 3.8) is 0 Å². The number of hydrogen-bond donors (Lipinski definition) is 1. The average Bonchev–Trinajstić information content (AvgIpc) is 2.86. The van der Waals surface area contributed by atoms with Gasteiger partial charge in [-0.3, -0.25) is 9.78 Å². The van der Waals surface area contributed by atoms with Gasteiger partial charge in [0.05, 0.1) is 6.42 Å². The van der Waals surface area contributed by atoms with Crippen molar-refractivity contribution in [3.8, 4) is 0 Å². The fraction of sp³-hybridized carbons (Fsp3) is 0.625. The molecule has 1 N–H and O–H groups in total. The number of aryl methyl sites for hydroxylation is 1. The summed E-state index contributed by atoms with van der Waals surface area (Å²) in [5.74, 6) is 0.0659. The topological polar surface area (TPSA) is 45.2 Å². The lowest BCUT2D eigenvalue weighted by Crippen LogP contribution is -2.51. The Balaban J connectivity index is 1.88. The van der Waals surface area contributed by atoms with Crippen LogP contribution in [0.25, 0.3) is 0 Å². The highest BCUT2D eigenvalue weighted by atomic mass is 16.1. The van der Waals surface area contributed by atoms with E-state index in [4.69, 9.17) is 0 Å². The van der Waals surface area contributed by atoms with Crippen molar-refractivity contribution in [2.75, 3.05) is 20.6 Å². The number of amides is 1. The maximum absolute atomic E-state index is 12.1. The Morgan fingerprint density at radius 3 is 2.70 bits per heavy atom. The summed E-state index contributed by atoms with van der Waals surface area (Å²) in [4.78, 5) is 18.6. The molecule has 1 aromatic heterocycles. The van der Waals surface area contributed by atoms with Crippen LogP contribution in [0.3, 0.4) is 0 Å². The standard InChI is InChI=1S/C16H25N3O/c1-13-6-9-17-14(10-13)11-15(20)18-12-16(19(2)3)7-4-5-8-16/h6,9-10H,4-5,7-8,11-12H2,1-3H3,(H,18,20). The highest BCUT2D eigenvalue weighted by Crippen LogP contribution is 2.33. The molecule has 1 amide bonds. The molecule has 1 aliphatic carbocycles. The van der Waals surface area contributed by atoms with Gasteiger partial charge in [-0.05, 0) is 51.6 Å². The summed E-state index contributed by atoms with van der Waals surface area (Å²) in [5.41, 5.74) is 2.13. The van der Waals surface area contributed by atoms with Crippen molar-refractivity contribution in [2.24, 2.45) is 0 Å². The van der Waals surface area contributed by atoms with Crippen LogP contribution in [0.15, 0.2) is 18.3 Å². The zero-order valence-corrected chi connectivity index (χ0v) is 12.8. The lowest BCUT2D eigenvalue weighted by Gasteiger charge is -2.36. The molecule has 1 heterocycles. The molecular formula is C16H25N3O. The molecule has 1 saturated carbocycles. The predicted octanol–water partition coefficient (Wildman–Crippen LogP) is 1.92.